The lowest BCUT2D eigenvalue weighted by molar-refractivity contribution is 0.135. The first-order valence-corrected chi connectivity index (χ1v) is 28.5. The van der Waals surface area contributed by atoms with E-state index >= 15 is 0 Å². The summed E-state index contributed by atoms with van der Waals surface area (Å²) in [6.07, 6.45) is 76.8. The predicted octanol–water partition coefficient (Wildman–Crippen LogP) is 20.6. The van der Waals surface area contributed by atoms with Crippen molar-refractivity contribution in [3.8, 4) is 0 Å². The molecule has 0 atom stereocenters. The second-order valence-electron chi connectivity index (χ2n) is 20.0. The van der Waals surface area contributed by atoms with Gasteiger partial charge in [-0.25, -0.2) is 0 Å². The van der Waals surface area contributed by atoms with Crippen LogP contribution in [0.25, 0.3) is 0 Å². The summed E-state index contributed by atoms with van der Waals surface area (Å²) in [6, 6.07) is 0. The summed E-state index contributed by atoms with van der Waals surface area (Å²) in [4.78, 5) is 5.50. The zero-order valence-corrected chi connectivity index (χ0v) is 41.7. The smallest absolute Gasteiger partial charge is 0.101 e. The number of rotatable bonds is 51. The summed E-state index contributed by atoms with van der Waals surface area (Å²) in [5.41, 5.74) is 0. The van der Waals surface area contributed by atoms with Gasteiger partial charge in [0, 0.05) is 25.5 Å². The van der Waals surface area contributed by atoms with Gasteiger partial charge in [-0.3, -0.25) is 0 Å². The van der Waals surface area contributed by atoms with Crippen molar-refractivity contribution in [1.82, 2.24) is 9.80 Å². The normalized spacial score (nSPS) is 13.2. The van der Waals surface area contributed by atoms with Crippen LogP contribution in [0.3, 0.4) is 0 Å². The van der Waals surface area contributed by atoms with Gasteiger partial charge in [-0.2, -0.15) is 0 Å². The molecule has 1 aliphatic rings. The van der Waals surface area contributed by atoms with Gasteiger partial charge in [-0.15, -0.1) is 0 Å². The standard InChI is InChI=1S/C57H114N2/c1-4-7-10-13-16-19-22-25-28-31-34-37-40-43-46-49-52-57-58(53-50-47-44-41-38-35-32-29-26-23-20-17-14-11-8-5-2)55-56-59(57)54-51-48-45-42-39-36-33-30-27-24-21-18-15-12-9-6-3/h55-57H,4-54H2,1-3H3. The predicted molar refractivity (Wildman–Crippen MR) is 270 cm³/mol. The highest BCUT2D eigenvalue weighted by Crippen LogP contribution is 2.25. The molecule has 59 heavy (non-hydrogen) atoms. The first kappa shape index (κ1) is 56.4. The molecule has 1 rings (SSSR count). The summed E-state index contributed by atoms with van der Waals surface area (Å²) in [7, 11) is 0. The fourth-order valence-corrected chi connectivity index (χ4v) is 9.90. The lowest BCUT2D eigenvalue weighted by Crippen LogP contribution is -2.39. The van der Waals surface area contributed by atoms with Crippen molar-refractivity contribution in [2.24, 2.45) is 0 Å². The zero-order chi connectivity index (χ0) is 42.2. The second-order valence-corrected chi connectivity index (χ2v) is 20.0. The van der Waals surface area contributed by atoms with Crippen molar-refractivity contribution >= 4 is 0 Å². The minimum Gasteiger partial charge on any atom is -0.356 e. The van der Waals surface area contributed by atoms with Crippen LogP contribution < -0.4 is 0 Å². The van der Waals surface area contributed by atoms with Crippen LogP contribution in [0.4, 0.5) is 0 Å². The van der Waals surface area contributed by atoms with E-state index in [1.807, 2.05) is 0 Å². The summed E-state index contributed by atoms with van der Waals surface area (Å²) in [5.74, 6) is 0. The van der Waals surface area contributed by atoms with Crippen LogP contribution in [-0.4, -0.2) is 29.1 Å². The van der Waals surface area contributed by atoms with Crippen LogP contribution in [0.2, 0.25) is 0 Å². The third kappa shape index (κ3) is 39.9. The Morgan fingerprint density at radius 3 is 0.593 bits per heavy atom. The summed E-state index contributed by atoms with van der Waals surface area (Å²) >= 11 is 0. The fraction of sp³-hybridized carbons (Fsp3) is 0.965. The maximum absolute atomic E-state index is 2.75. The first-order chi connectivity index (χ1) is 29.3. The average molecular weight is 828 g/mol. The van der Waals surface area contributed by atoms with Crippen LogP contribution in [0.1, 0.15) is 335 Å². The Hall–Kier alpha value is -0.660. The zero-order valence-electron chi connectivity index (χ0n) is 41.7. The van der Waals surface area contributed by atoms with Crippen LogP contribution in [0.15, 0.2) is 12.4 Å². The quantitative estimate of drug-likeness (QED) is 0.0564. The highest BCUT2D eigenvalue weighted by molar-refractivity contribution is 4.97. The van der Waals surface area contributed by atoms with Gasteiger partial charge in [-0.05, 0) is 25.7 Å². The summed E-state index contributed by atoms with van der Waals surface area (Å²) < 4.78 is 0. The van der Waals surface area contributed by atoms with Gasteiger partial charge in [0.15, 0.2) is 0 Å². The molecule has 2 heteroatoms. The number of unbranched alkanes of at least 4 members (excludes halogenated alkanes) is 45. The fourth-order valence-electron chi connectivity index (χ4n) is 9.90. The third-order valence-corrected chi connectivity index (χ3v) is 14.1. The molecule has 0 aromatic rings. The first-order valence-electron chi connectivity index (χ1n) is 28.5. The Balaban J connectivity index is 2.19. The Bertz CT molecular complexity index is 746. The van der Waals surface area contributed by atoms with Crippen LogP contribution in [0.5, 0.6) is 0 Å². The van der Waals surface area contributed by atoms with E-state index in [1.165, 1.54) is 328 Å². The lowest BCUT2D eigenvalue weighted by Gasteiger charge is -2.33. The molecule has 1 heterocycles. The number of hydrogen-bond donors (Lipinski definition) is 0. The van der Waals surface area contributed by atoms with Crippen molar-refractivity contribution in [2.45, 2.75) is 342 Å². The van der Waals surface area contributed by atoms with E-state index in [9.17, 15) is 0 Å². The third-order valence-electron chi connectivity index (χ3n) is 14.1. The molecular formula is C57H114N2. The maximum atomic E-state index is 2.75. The van der Waals surface area contributed by atoms with Gasteiger partial charge in [0.25, 0.3) is 0 Å². The van der Waals surface area contributed by atoms with Crippen molar-refractivity contribution < 1.29 is 0 Å². The van der Waals surface area contributed by atoms with Gasteiger partial charge >= 0.3 is 0 Å². The van der Waals surface area contributed by atoms with E-state index in [-0.39, 0.29) is 0 Å². The molecule has 0 aromatic carbocycles. The Morgan fingerprint density at radius 1 is 0.220 bits per heavy atom. The minimum absolute atomic E-state index is 0.634. The van der Waals surface area contributed by atoms with E-state index in [0.717, 1.165) is 0 Å². The lowest BCUT2D eigenvalue weighted by atomic mass is 10.0. The van der Waals surface area contributed by atoms with E-state index in [1.54, 1.807) is 0 Å². The second kappa shape index (κ2) is 48.4. The van der Waals surface area contributed by atoms with Crippen molar-refractivity contribution in [1.29, 1.82) is 0 Å². The molecule has 0 unspecified atom stereocenters. The molecule has 0 aliphatic carbocycles. The highest BCUT2D eigenvalue weighted by Gasteiger charge is 2.25. The number of nitrogens with zero attached hydrogens (tertiary/aromatic N) is 2. The van der Waals surface area contributed by atoms with E-state index in [0.29, 0.717) is 6.17 Å². The molecule has 0 bridgehead atoms. The van der Waals surface area contributed by atoms with Crippen LogP contribution in [0, 0.1) is 0 Å². The summed E-state index contributed by atoms with van der Waals surface area (Å²) in [5, 5.41) is 0. The minimum atomic E-state index is 0.634. The molecule has 2 nitrogen and oxygen atoms in total. The molecule has 0 radical (unpaired) electrons. The van der Waals surface area contributed by atoms with E-state index in [4.69, 9.17) is 0 Å². The van der Waals surface area contributed by atoms with Crippen LogP contribution >= 0.6 is 0 Å². The van der Waals surface area contributed by atoms with E-state index < -0.39 is 0 Å². The summed E-state index contributed by atoms with van der Waals surface area (Å²) in [6.45, 7) is 9.50. The molecule has 0 spiro atoms. The monoisotopic (exact) mass is 827 g/mol. The van der Waals surface area contributed by atoms with Gasteiger partial charge in [0.05, 0.1) is 0 Å². The molecule has 1 aliphatic heterocycles. The Labute approximate surface area is 375 Å². The van der Waals surface area contributed by atoms with Gasteiger partial charge in [-0.1, -0.05) is 310 Å². The Morgan fingerprint density at radius 2 is 0.390 bits per heavy atom. The van der Waals surface area contributed by atoms with Gasteiger partial charge in [0.1, 0.15) is 6.17 Å². The van der Waals surface area contributed by atoms with Crippen molar-refractivity contribution in [3.05, 3.63) is 12.4 Å². The van der Waals surface area contributed by atoms with Crippen LogP contribution in [-0.2, 0) is 0 Å². The Kier molecular flexibility index (Phi) is 46.2. The average Bonchev–Trinajstić information content (AvgIpc) is 3.63. The molecule has 0 aromatic heterocycles. The SMILES string of the molecule is CCCCCCCCCCCCCCCCCCC1N(CCCCCCCCCCCCCCCCCC)C=CN1CCCCCCCCCCCCCCCCCC. The molecule has 0 amide bonds. The van der Waals surface area contributed by atoms with Crippen molar-refractivity contribution in [2.75, 3.05) is 13.1 Å². The topological polar surface area (TPSA) is 6.48 Å². The molecule has 0 saturated heterocycles. The van der Waals surface area contributed by atoms with Gasteiger partial charge < -0.3 is 9.80 Å². The number of hydrogen-bond acceptors (Lipinski definition) is 2. The molecule has 352 valence electrons. The maximum Gasteiger partial charge on any atom is 0.101 e. The molecule has 0 fully saturated rings. The van der Waals surface area contributed by atoms with Crippen molar-refractivity contribution in [3.63, 3.8) is 0 Å². The molecular weight excluding hydrogens is 713 g/mol. The largest absolute Gasteiger partial charge is 0.356 e. The van der Waals surface area contributed by atoms with E-state index in [2.05, 4.69) is 43.0 Å². The highest BCUT2D eigenvalue weighted by atomic mass is 15.4. The van der Waals surface area contributed by atoms with Gasteiger partial charge in [0.2, 0.25) is 0 Å². The molecule has 0 N–H and O–H groups in total. The molecule has 0 saturated carbocycles.